The van der Waals surface area contributed by atoms with Gasteiger partial charge in [-0.05, 0) is 19.3 Å². The molecular formula is C12H19FN4O. The molecule has 6 heteroatoms. The van der Waals surface area contributed by atoms with Crippen LogP contribution in [0.15, 0.2) is 6.20 Å². The number of β-amino-alcohol motifs (C(OH)–C–C–N with tert-alkyl or cyclic N) is 1. The number of rotatable bonds is 3. The number of nitrogens with one attached hydrogen (secondary N) is 1. The predicted molar refractivity (Wildman–Crippen MR) is 68.2 cm³/mol. The van der Waals surface area contributed by atoms with Gasteiger partial charge in [-0.15, -0.1) is 0 Å². The molecule has 1 aliphatic rings. The maximum absolute atomic E-state index is 13.7. The summed E-state index contributed by atoms with van der Waals surface area (Å²) in [7, 11) is 0. The van der Waals surface area contributed by atoms with E-state index in [4.69, 9.17) is 0 Å². The first kappa shape index (κ1) is 13.0. The Morgan fingerprint density at radius 3 is 3.06 bits per heavy atom. The lowest BCUT2D eigenvalue weighted by molar-refractivity contribution is 0.102. The maximum Gasteiger partial charge on any atom is 0.224 e. The fourth-order valence-electron chi connectivity index (χ4n) is 2.06. The van der Waals surface area contributed by atoms with Crippen LogP contribution in [0.4, 0.5) is 16.2 Å². The standard InChI is InChI=1S/C12H19FN4O/c1-3-14-12-15-6-9(13)11(16-12)17-5-4-8(2)10(18)7-17/h6,8,10,18H,3-5,7H2,1-2H3,(H,14,15,16). The van der Waals surface area contributed by atoms with Crippen LogP contribution in [0.5, 0.6) is 0 Å². The average Bonchev–Trinajstić information content (AvgIpc) is 2.35. The average molecular weight is 254 g/mol. The van der Waals surface area contributed by atoms with Crippen molar-refractivity contribution in [2.45, 2.75) is 26.4 Å². The normalized spacial score (nSPS) is 24.1. The third kappa shape index (κ3) is 2.69. The monoisotopic (exact) mass is 254 g/mol. The van der Waals surface area contributed by atoms with Gasteiger partial charge in [-0.2, -0.15) is 4.98 Å². The van der Waals surface area contributed by atoms with Crippen molar-refractivity contribution >= 4 is 11.8 Å². The summed E-state index contributed by atoms with van der Waals surface area (Å²) in [5.74, 6) is 0.492. The van der Waals surface area contributed by atoms with Crippen molar-refractivity contribution in [3.8, 4) is 0 Å². The van der Waals surface area contributed by atoms with Gasteiger partial charge in [-0.1, -0.05) is 6.92 Å². The molecule has 2 heterocycles. The van der Waals surface area contributed by atoms with Gasteiger partial charge in [0.25, 0.3) is 0 Å². The maximum atomic E-state index is 13.7. The van der Waals surface area contributed by atoms with Crippen molar-refractivity contribution < 1.29 is 9.50 Å². The molecule has 1 fully saturated rings. The van der Waals surface area contributed by atoms with Gasteiger partial charge in [0.1, 0.15) is 0 Å². The number of hydrogen-bond acceptors (Lipinski definition) is 5. The zero-order chi connectivity index (χ0) is 13.1. The van der Waals surface area contributed by atoms with Gasteiger partial charge >= 0.3 is 0 Å². The van der Waals surface area contributed by atoms with Crippen molar-refractivity contribution in [3.05, 3.63) is 12.0 Å². The molecule has 2 unspecified atom stereocenters. The van der Waals surface area contributed by atoms with Gasteiger partial charge in [-0.3, -0.25) is 0 Å². The predicted octanol–water partition coefficient (Wildman–Crippen LogP) is 1.25. The quantitative estimate of drug-likeness (QED) is 0.850. The Morgan fingerprint density at radius 1 is 1.61 bits per heavy atom. The second-order valence-electron chi connectivity index (χ2n) is 4.67. The van der Waals surface area contributed by atoms with Crippen LogP contribution in [0.25, 0.3) is 0 Å². The van der Waals surface area contributed by atoms with Gasteiger partial charge in [0.05, 0.1) is 12.3 Å². The fraction of sp³-hybridized carbons (Fsp3) is 0.667. The molecule has 0 amide bonds. The third-order valence-electron chi connectivity index (χ3n) is 3.28. The molecule has 2 rings (SSSR count). The van der Waals surface area contributed by atoms with E-state index in [1.54, 1.807) is 4.90 Å². The molecule has 0 aromatic carbocycles. The van der Waals surface area contributed by atoms with Gasteiger partial charge in [0.15, 0.2) is 11.6 Å². The van der Waals surface area contributed by atoms with E-state index in [0.29, 0.717) is 25.6 Å². The number of piperidine rings is 1. The lowest BCUT2D eigenvalue weighted by atomic mass is 9.96. The van der Waals surface area contributed by atoms with Crippen LogP contribution in [0.1, 0.15) is 20.3 Å². The van der Waals surface area contributed by atoms with Crippen LogP contribution in [-0.2, 0) is 0 Å². The molecule has 0 spiro atoms. The Kier molecular flexibility index (Phi) is 3.96. The summed E-state index contributed by atoms with van der Waals surface area (Å²) in [5, 5.41) is 12.8. The summed E-state index contributed by atoms with van der Waals surface area (Å²) in [6, 6.07) is 0. The Balaban J connectivity index is 2.19. The van der Waals surface area contributed by atoms with Crippen molar-refractivity contribution in [1.82, 2.24) is 9.97 Å². The number of hydrogen-bond donors (Lipinski definition) is 2. The first-order valence-corrected chi connectivity index (χ1v) is 6.31. The van der Waals surface area contributed by atoms with E-state index in [9.17, 15) is 9.50 Å². The largest absolute Gasteiger partial charge is 0.391 e. The van der Waals surface area contributed by atoms with Gasteiger partial charge < -0.3 is 15.3 Å². The van der Waals surface area contributed by atoms with Crippen molar-refractivity contribution in [3.63, 3.8) is 0 Å². The molecule has 100 valence electrons. The first-order valence-electron chi connectivity index (χ1n) is 6.31. The second kappa shape index (κ2) is 5.48. The number of aliphatic hydroxyl groups is 1. The van der Waals surface area contributed by atoms with Crippen molar-refractivity contribution in [1.29, 1.82) is 0 Å². The van der Waals surface area contributed by atoms with E-state index in [-0.39, 0.29) is 11.7 Å². The van der Waals surface area contributed by atoms with E-state index >= 15 is 0 Å². The highest BCUT2D eigenvalue weighted by Gasteiger charge is 2.27. The summed E-state index contributed by atoms with van der Waals surface area (Å²) in [6.45, 7) is 5.74. The Hall–Kier alpha value is -1.43. The van der Waals surface area contributed by atoms with Gasteiger partial charge in [-0.25, -0.2) is 9.37 Å². The van der Waals surface area contributed by atoms with E-state index in [1.165, 1.54) is 6.20 Å². The zero-order valence-corrected chi connectivity index (χ0v) is 10.7. The highest BCUT2D eigenvalue weighted by molar-refractivity contribution is 5.44. The lowest BCUT2D eigenvalue weighted by Gasteiger charge is -2.35. The molecule has 0 aliphatic carbocycles. The first-order chi connectivity index (χ1) is 8.61. The molecule has 0 bridgehead atoms. The van der Waals surface area contributed by atoms with Crippen LogP contribution >= 0.6 is 0 Å². The summed E-state index contributed by atoms with van der Waals surface area (Å²) in [5.41, 5.74) is 0. The smallest absolute Gasteiger partial charge is 0.224 e. The highest BCUT2D eigenvalue weighted by atomic mass is 19.1. The molecule has 1 aliphatic heterocycles. The summed E-state index contributed by atoms with van der Waals surface area (Å²) in [4.78, 5) is 9.81. The van der Waals surface area contributed by atoms with Gasteiger partial charge in [0.2, 0.25) is 5.95 Å². The number of nitrogens with zero attached hydrogens (tertiary/aromatic N) is 3. The van der Waals surface area contributed by atoms with Crippen molar-refractivity contribution in [2.75, 3.05) is 29.9 Å². The highest BCUT2D eigenvalue weighted by Crippen LogP contribution is 2.24. The Bertz CT molecular complexity index is 415. The van der Waals surface area contributed by atoms with E-state index in [2.05, 4.69) is 15.3 Å². The molecule has 2 atom stereocenters. The SMILES string of the molecule is CCNc1ncc(F)c(N2CCC(C)C(O)C2)n1. The molecule has 1 aromatic rings. The van der Waals surface area contributed by atoms with Crippen LogP contribution in [0.2, 0.25) is 0 Å². The topological polar surface area (TPSA) is 61.3 Å². The Labute approximate surface area is 106 Å². The third-order valence-corrected chi connectivity index (χ3v) is 3.28. The van der Waals surface area contributed by atoms with Crippen LogP contribution in [0.3, 0.4) is 0 Å². The van der Waals surface area contributed by atoms with Crippen LogP contribution in [0, 0.1) is 11.7 Å². The number of anilines is 2. The van der Waals surface area contributed by atoms with E-state index in [0.717, 1.165) is 6.42 Å². The minimum Gasteiger partial charge on any atom is -0.391 e. The van der Waals surface area contributed by atoms with E-state index in [1.807, 2.05) is 13.8 Å². The molecule has 2 N–H and O–H groups in total. The molecule has 0 radical (unpaired) electrons. The molecule has 0 saturated carbocycles. The Morgan fingerprint density at radius 2 is 2.39 bits per heavy atom. The minimum atomic E-state index is -0.446. The molecule has 5 nitrogen and oxygen atoms in total. The summed E-state index contributed by atoms with van der Waals surface area (Å²) in [6.07, 6.45) is 1.57. The molecule has 1 aromatic heterocycles. The van der Waals surface area contributed by atoms with Crippen molar-refractivity contribution in [2.24, 2.45) is 5.92 Å². The van der Waals surface area contributed by atoms with E-state index < -0.39 is 11.9 Å². The summed E-state index contributed by atoms with van der Waals surface area (Å²) < 4.78 is 13.7. The number of aromatic nitrogens is 2. The number of aliphatic hydroxyl groups excluding tert-OH is 1. The zero-order valence-electron chi connectivity index (χ0n) is 10.7. The van der Waals surface area contributed by atoms with Crippen LogP contribution < -0.4 is 10.2 Å². The second-order valence-corrected chi connectivity index (χ2v) is 4.67. The lowest BCUT2D eigenvalue weighted by Crippen LogP contribution is -2.43. The van der Waals surface area contributed by atoms with Gasteiger partial charge in [0, 0.05) is 19.6 Å². The summed E-state index contributed by atoms with van der Waals surface area (Å²) >= 11 is 0. The molecule has 18 heavy (non-hydrogen) atoms. The number of halogens is 1. The molecular weight excluding hydrogens is 235 g/mol. The minimum absolute atomic E-state index is 0.249. The van der Waals surface area contributed by atoms with Crippen LogP contribution in [-0.4, -0.2) is 40.8 Å². The fourth-order valence-corrected chi connectivity index (χ4v) is 2.06. The molecule has 1 saturated heterocycles.